The predicted octanol–water partition coefficient (Wildman–Crippen LogP) is 2.41. The summed E-state index contributed by atoms with van der Waals surface area (Å²) in [6, 6.07) is 0.931. The van der Waals surface area contributed by atoms with Gasteiger partial charge in [-0.15, -0.1) is 0 Å². The van der Waals surface area contributed by atoms with Gasteiger partial charge in [-0.05, 0) is 44.7 Å². The number of halogens is 3. The lowest BCUT2D eigenvalue weighted by Crippen LogP contribution is -2.40. The number of nitrogens with one attached hydrogen (secondary N) is 2. The molecule has 2 N–H and O–H groups in total. The molecule has 0 bridgehead atoms. The molecule has 2 heterocycles. The highest BCUT2D eigenvalue weighted by Gasteiger charge is 2.72. The average molecular weight is 399 g/mol. The zero-order chi connectivity index (χ0) is 19.9. The minimum Gasteiger partial charge on any atom is -0.481 e. The van der Waals surface area contributed by atoms with Crippen LogP contribution >= 0.6 is 0 Å². The molecule has 2 aliphatic carbocycles. The van der Waals surface area contributed by atoms with Crippen molar-refractivity contribution in [3.63, 3.8) is 0 Å². The summed E-state index contributed by atoms with van der Waals surface area (Å²) >= 11 is 0. The summed E-state index contributed by atoms with van der Waals surface area (Å²) in [6.45, 7) is 0.849. The standard InChI is InChI=1S/C19H24F3N3O3/c1-27-17-10(9-24-16(26)13-5-3-7-23-13)8-12(20)18(25-17)28-14-6-2-4-11-15(14)19(11,21)22/h8,11,13-15,23H,2-7,9H2,1H3,(H,24,26). The van der Waals surface area contributed by atoms with Crippen LogP contribution < -0.4 is 20.1 Å². The second-order valence-corrected chi connectivity index (χ2v) is 7.70. The molecule has 0 aromatic carbocycles. The summed E-state index contributed by atoms with van der Waals surface area (Å²) < 4.78 is 52.9. The first-order valence-corrected chi connectivity index (χ1v) is 9.70. The van der Waals surface area contributed by atoms with Crippen LogP contribution in [0.4, 0.5) is 13.2 Å². The zero-order valence-electron chi connectivity index (χ0n) is 15.6. The number of carbonyl (C=O) groups is 1. The maximum Gasteiger partial charge on any atom is 0.258 e. The summed E-state index contributed by atoms with van der Waals surface area (Å²) in [6.07, 6.45) is 2.50. The third-order valence-corrected chi connectivity index (χ3v) is 5.94. The number of methoxy groups -OCH3 is 1. The molecule has 1 aromatic rings. The summed E-state index contributed by atoms with van der Waals surface area (Å²) in [5.74, 6) is -5.43. The number of amides is 1. The number of pyridine rings is 1. The molecule has 6 nitrogen and oxygen atoms in total. The number of carbonyl (C=O) groups excluding carboxylic acids is 1. The largest absolute Gasteiger partial charge is 0.481 e. The number of aromatic nitrogens is 1. The number of alkyl halides is 2. The smallest absolute Gasteiger partial charge is 0.258 e. The van der Waals surface area contributed by atoms with Gasteiger partial charge in [0.25, 0.3) is 11.8 Å². The van der Waals surface area contributed by atoms with Crippen molar-refractivity contribution in [1.29, 1.82) is 0 Å². The van der Waals surface area contributed by atoms with E-state index in [-0.39, 0.29) is 30.3 Å². The highest BCUT2D eigenvalue weighted by molar-refractivity contribution is 5.82. The van der Waals surface area contributed by atoms with Crippen LogP contribution in [-0.4, -0.2) is 42.6 Å². The van der Waals surface area contributed by atoms with E-state index in [1.54, 1.807) is 0 Å². The molecule has 4 rings (SSSR count). The SMILES string of the molecule is COc1nc(OC2CCCC3C2C3(F)F)c(F)cc1CNC(=O)C1CCCN1. The molecule has 0 spiro atoms. The Hall–Kier alpha value is -2.03. The fourth-order valence-electron chi connectivity index (χ4n) is 4.38. The third-order valence-electron chi connectivity index (χ3n) is 5.94. The van der Waals surface area contributed by atoms with Gasteiger partial charge in [-0.2, -0.15) is 4.98 Å². The fraction of sp³-hybridized carbons (Fsp3) is 0.684. The fourth-order valence-corrected chi connectivity index (χ4v) is 4.38. The van der Waals surface area contributed by atoms with Crippen LogP contribution in [0.2, 0.25) is 0 Å². The lowest BCUT2D eigenvalue weighted by Gasteiger charge is -2.22. The van der Waals surface area contributed by atoms with Gasteiger partial charge in [0.2, 0.25) is 11.8 Å². The van der Waals surface area contributed by atoms with E-state index in [0.717, 1.165) is 19.4 Å². The maximum absolute atomic E-state index is 14.5. The Bertz CT molecular complexity index is 755. The van der Waals surface area contributed by atoms with Gasteiger partial charge in [0.05, 0.1) is 19.1 Å². The molecular formula is C19H24F3N3O3. The van der Waals surface area contributed by atoms with Crippen molar-refractivity contribution in [2.24, 2.45) is 11.8 Å². The number of nitrogens with zero attached hydrogens (tertiary/aromatic N) is 1. The quantitative estimate of drug-likeness (QED) is 0.769. The minimum absolute atomic E-state index is 0.0522. The van der Waals surface area contributed by atoms with Gasteiger partial charge in [0, 0.05) is 18.0 Å². The molecule has 1 aliphatic heterocycles. The van der Waals surface area contributed by atoms with Gasteiger partial charge in [-0.1, -0.05) is 0 Å². The number of hydrogen-bond donors (Lipinski definition) is 2. The van der Waals surface area contributed by atoms with Crippen molar-refractivity contribution >= 4 is 5.91 Å². The molecule has 1 saturated heterocycles. The number of rotatable bonds is 6. The molecule has 1 amide bonds. The third kappa shape index (κ3) is 3.52. The molecule has 4 unspecified atom stereocenters. The van der Waals surface area contributed by atoms with E-state index >= 15 is 0 Å². The van der Waals surface area contributed by atoms with Crippen molar-refractivity contribution in [1.82, 2.24) is 15.6 Å². The Balaban J connectivity index is 1.44. The van der Waals surface area contributed by atoms with Crippen LogP contribution in [0, 0.1) is 17.7 Å². The first kappa shape index (κ1) is 19.3. The van der Waals surface area contributed by atoms with Gasteiger partial charge >= 0.3 is 0 Å². The number of fused-ring (bicyclic) bond motifs is 1. The molecule has 4 atom stereocenters. The molecule has 1 aromatic heterocycles. The summed E-state index contributed by atoms with van der Waals surface area (Å²) in [5, 5.41) is 5.83. The molecular weight excluding hydrogens is 375 g/mol. The maximum atomic E-state index is 14.5. The molecule has 2 saturated carbocycles. The second-order valence-electron chi connectivity index (χ2n) is 7.70. The van der Waals surface area contributed by atoms with Crippen molar-refractivity contribution in [3.05, 3.63) is 17.4 Å². The number of hydrogen-bond acceptors (Lipinski definition) is 5. The van der Waals surface area contributed by atoms with Crippen LogP contribution in [0.5, 0.6) is 11.8 Å². The zero-order valence-corrected chi connectivity index (χ0v) is 15.6. The molecule has 3 fully saturated rings. The van der Waals surface area contributed by atoms with E-state index in [1.165, 1.54) is 13.2 Å². The van der Waals surface area contributed by atoms with Crippen molar-refractivity contribution in [3.8, 4) is 11.8 Å². The Morgan fingerprint density at radius 1 is 1.32 bits per heavy atom. The molecule has 154 valence electrons. The topological polar surface area (TPSA) is 72.5 Å². The van der Waals surface area contributed by atoms with Crippen LogP contribution in [0.15, 0.2) is 6.07 Å². The second kappa shape index (κ2) is 7.42. The van der Waals surface area contributed by atoms with Gasteiger partial charge in [0.15, 0.2) is 5.82 Å². The minimum atomic E-state index is -2.74. The van der Waals surface area contributed by atoms with Gasteiger partial charge in [-0.3, -0.25) is 4.79 Å². The van der Waals surface area contributed by atoms with E-state index in [2.05, 4.69) is 15.6 Å². The van der Waals surface area contributed by atoms with Crippen molar-refractivity contribution in [2.75, 3.05) is 13.7 Å². The number of ether oxygens (including phenoxy) is 2. The van der Waals surface area contributed by atoms with E-state index < -0.39 is 29.7 Å². The van der Waals surface area contributed by atoms with Crippen molar-refractivity contribution < 1.29 is 27.4 Å². The molecule has 9 heteroatoms. The van der Waals surface area contributed by atoms with E-state index in [0.29, 0.717) is 24.8 Å². The van der Waals surface area contributed by atoms with E-state index in [1.807, 2.05) is 0 Å². The summed E-state index contributed by atoms with van der Waals surface area (Å²) in [7, 11) is 1.37. The Kier molecular flexibility index (Phi) is 5.11. The average Bonchev–Trinajstić information content (AvgIpc) is 3.04. The molecule has 0 radical (unpaired) electrons. The van der Waals surface area contributed by atoms with Crippen LogP contribution in [0.1, 0.15) is 37.7 Å². The van der Waals surface area contributed by atoms with Gasteiger partial charge < -0.3 is 20.1 Å². The summed E-state index contributed by atoms with van der Waals surface area (Å²) in [5.41, 5.74) is 0.358. The lowest BCUT2D eigenvalue weighted by atomic mass is 9.98. The molecule has 28 heavy (non-hydrogen) atoms. The summed E-state index contributed by atoms with van der Waals surface area (Å²) in [4.78, 5) is 16.1. The van der Waals surface area contributed by atoms with E-state index in [4.69, 9.17) is 9.47 Å². The normalized spacial score (nSPS) is 30.4. The van der Waals surface area contributed by atoms with E-state index in [9.17, 15) is 18.0 Å². The van der Waals surface area contributed by atoms with Gasteiger partial charge in [0.1, 0.15) is 6.10 Å². The highest BCUT2D eigenvalue weighted by Crippen LogP contribution is 2.62. The van der Waals surface area contributed by atoms with Gasteiger partial charge in [-0.25, -0.2) is 13.2 Å². The van der Waals surface area contributed by atoms with Crippen molar-refractivity contribution in [2.45, 2.75) is 56.7 Å². The molecule has 3 aliphatic rings. The Morgan fingerprint density at radius 3 is 2.86 bits per heavy atom. The first-order chi connectivity index (χ1) is 13.4. The van der Waals surface area contributed by atoms with Crippen LogP contribution in [-0.2, 0) is 11.3 Å². The van der Waals surface area contributed by atoms with Crippen LogP contribution in [0.3, 0.4) is 0 Å². The first-order valence-electron chi connectivity index (χ1n) is 9.70. The predicted molar refractivity (Wildman–Crippen MR) is 93.8 cm³/mol. The highest BCUT2D eigenvalue weighted by atomic mass is 19.3. The Labute approximate surface area is 161 Å². The monoisotopic (exact) mass is 399 g/mol. The lowest BCUT2D eigenvalue weighted by molar-refractivity contribution is -0.122. The van der Waals surface area contributed by atoms with Crippen LogP contribution in [0.25, 0.3) is 0 Å². The Morgan fingerprint density at radius 2 is 2.14 bits per heavy atom.